The molecule has 1 heterocycles. The third kappa shape index (κ3) is 3.15. The van der Waals surface area contributed by atoms with Crippen LogP contribution in [0, 0.1) is 5.82 Å². The summed E-state index contributed by atoms with van der Waals surface area (Å²) in [6.45, 7) is 0.650. The zero-order valence-electron chi connectivity index (χ0n) is 9.75. The Hall–Kier alpha value is -1.26. The van der Waals surface area contributed by atoms with Gasteiger partial charge in [0.25, 0.3) is 0 Å². The molecular weight excluding hydrogens is 276 g/mol. The third-order valence-electron chi connectivity index (χ3n) is 2.48. The normalized spacial score (nSPS) is 10.7. The molecule has 0 radical (unpaired) electrons. The highest BCUT2D eigenvalue weighted by molar-refractivity contribution is 6.39. The number of hydrogen-bond donors (Lipinski definition) is 1. The van der Waals surface area contributed by atoms with Crippen molar-refractivity contribution >= 4 is 28.9 Å². The number of nitrogens with one attached hydrogen (secondary N) is 1. The van der Waals surface area contributed by atoms with Crippen LogP contribution in [0.3, 0.4) is 0 Å². The summed E-state index contributed by atoms with van der Waals surface area (Å²) in [6, 6.07) is 2.47. The Balaban J connectivity index is 1.98. The molecule has 6 heteroatoms. The minimum atomic E-state index is -0.442. The van der Waals surface area contributed by atoms with Crippen LogP contribution >= 0.6 is 23.2 Å². The van der Waals surface area contributed by atoms with Crippen molar-refractivity contribution in [2.45, 2.75) is 6.42 Å². The van der Waals surface area contributed by atoms with Gasteiger partial charge in [-0.3, -0.25) is 4.68 Å². The van der Waals surface area contributed by atoms with Crippen molar-refractivity contribution in [3.05, 3.63) is 46.0 Å². The lowest BCUT2D eigenvalue weighted by atomic mass is 10.2. The van der Waals surface area contributed by atoms with Crippen LogP contribution in [-0.2, 0) is 13.5 Å². The molecule has 0 amide bonds. The number of halogens is 3. The van der Waals surface area contributed by atoms with E-state index in [1.165, 1.54) is 12.1 Å². The maximum absolute atomic E-state index is 13.0. The van der Waals surface area contributed by atoms with Crippen LogP contribution in [0.15, 0.2) is 24.5 Å². The van der Waals surface area contributed by atoms with Gasteiger partial charge in [-0.05, 0) is 24.1 Å². The quantitative estimate of drug-likeness (QED) is 0.932. The fraction of sp³-hybridized carbons (Fsp3) is 0.250. The Labute approximate surface area is 115 Å². The van der Waals surface area contributed by atoms with Crippen LogP contribution in [-0.4, -0.2) is 16.3 Å². The molecule has 0 aliphatic carbocycles. The minimum absolute atomic E-state index is 0.284. The second-order valence-electron chi connectivity index (χ2n) is 3.94. The molecule has 0 fully saturated rings. The number of rotatable bonds is 4. The van der Waals surface area contributed by atoms with Gasteiger partial charge in [-0.2, -0.15) is 5.10 Å². The minimum Gasteiger partial charge on any atom is -0.382 e. The summed E-state index contributed by atoms with van der Waals surface area (Å²) in [4.78, 5) is 0. The summed E-state index contributed by atoms with van der Waals surface area (Å²) in [7, 11) is 1.87. The average molecular weight is 288 g/mol. The molecule has 0 unspecified atom stereocenters. The van der Waals surface area contributed by atoms with E-state index >= 15 is 0 Å². The molecule has 0 saturated carbocycles. The number of aromatic nitrogens is 2. The second kappa shape index (κ2) is 5.59. The smallest absolute Gasteiger partial charge is 0.126 e. The molecule has 0 aliphatic heterocycles. The molecule has 1 aromatic heterocycles. The van der Waals surface area contributed by atoms with E-state index in [2.05, 4.69) is 10.4 Å². The second-order valence-corrected chi connectivity index (χ2v) is 4.76. The van der Waals surface area contributed by atoms with Gasteiger partial charge in [-0.1, -0.05) is 23.2 Å². The topological polar surface area (TPSA) is 29.9 Å². The van der Waals surface area contributed by atoms with Crippen molar-refractivity contribution in [1.29, 1.82) is 0 Å². The molecule has 1 N–H and O–H groups in total. The van der Waals surface area contributed by atoms with E-state index in [-0.39, 0.29) is 10.0 Å². The zero-order valence-corrected chi connectivity index (χ0v) is 11.3. The van der Waals surface area contributed by atoms with Gasteiger partial charge >= 0.3 is 0 Å². The summed E-state index contributed by atoms with van der Waals surface area (Å²) < 4.78 is 14.7. The maximum atomic E-state index is 13.0. The molecule has 2 rings (SSSR count). The predicted molar refractivity (Wildman–Crippen MR) is 71.8 cm³/mol. The van der Waals surface area contributed by atoms with Gasteiger partial charge in [0.05, 0.1) is 21.9 Å². The van der Waals surface area contributed by atoms with E-state index in [1.807, 2.05) is 13.2 Å². The summed E-state index contributed by atoms with van der Waals surface area (Å²) in [5.74, 6) is -0.442. The van der Waals surface area contributed by atoms with Gasteiger partial charge in [-0.25, -0.2) is 4.39 Å². The SMILES string of the molecule is Cn1cc(CCNc2c(Cl)cc(F)cc2Cl)cn1. The first kappa shape index (κ1) is 13.2. The van der Waals surface area contributed by atoms with Crippen LogP contribution in [0.5, 0.6) is 0 Å². The molecular formula is C12H12Cl2FN3. The van der Waals surface area contributed by atoms with Crippen LogP contribution < -0.4 is 5.32 Å². The standard InChI is InChI=1S/C12H12Cl2FN3/c1-18-7-8(6-17-18)2-3-16-12-10(13)4-9(15)5-11(12)14/h4-7,16H,2-3H2,1H3. The molecule has 96 valence electrons. The van der Waals surface area contributed by atoms with Crippen LogP contribution in [0.2, 0.25) is 10.0 Å². The first-order chi connectivity index (χ1) is 8.56. The molecule has 0 aliphatic rings. The summed E-state index contributed by atoms with van der Waals surface area (Å²) in [6.07, 6.45) is 4.53. The lowest BCUT2D eigenvalue weighted by Crippen LogP contribution is -2.05. The van der Waals surface area contributed by atoms with Crippen molar-refractivity contribution in [2.75, 3.05) is 11.9 Å². The molecule has 0 atom stereocenters. The molecule has 0 saturated heterocycles. The molecule has 0 bridgehead atoms. The van der Waals surface area contributed by atoms with E-state index in [4.69, 9.17) is 23.2 Å². The fourth-order valence-electron chi connectivity index (χ4n) is 1.64. The first-order valence-corrected chi connectivity index (χ1v) is 6.18. The molecule has 0 spiro atoms. The molecule has 1 aromatic carbocycles. The van der Waals surface area contributed by atoms with Gasteiger partial charge in [0.1, 0.15) is 5.82 Å². The highest BCUT2D eigenvalue weighted by atomic mass is 35.5. The zero-order chi connectivity index (χ0) is 13.1. The number of nitrogens with zero attached hydrogens (tertiary/aromatic N) is 2. The van der Waals surface area contributed by atoms with E-state index in [9.17, 15) is 4.39 Å². The van der Waals surface area contributed by atoms with Crippen molar-refractivity contribution in [3.8, 4) is 0 Å². The third-order valence-corrected chi connectivity index (χ3v) is 3.08. The van der Waals surface area contributed by atoms with Gasteiger partial charge in [0, 0.05) is 19.8 Å². The monoisotopic (exact) mass is 287 g/mol. The Kier molecular flexibility index (Phi) is 4.09. The summed E-state index contributed by atoms with van der Waals surface area (Å²) in [5, 5.41) is 7.74. The molecule has 18 heavy (non-hydrogen) atoms. The van der Waals surface area contributed by atoms with Crippen molar-refractivity contribution in [2.24, 2.45) is 7.05 Å². The number of anilines is 1. The van der Waals surface area contributed by atoms with Gasteiger partial charge in [-0.15, -0.1) is 0 Å². The van der Waals surface area contributed by atoms with Gasteiger partial charge in [0.2, 0.25) is 0 Å². The lowest BCUT2D eigenvalue weighted by Gasteiger charge is -2.09. The van der Waals surface area contributed by atoms with E-state index in [1.54, 1.807) is 10.9 Å². The summed E-state index contributed by atoms with van der Waals surface area (Å²) >= 11 is 11.8. The van der Waals surface area contributed by atoms with E-state index < -0.39 is 5.82 Å². The molecule has 2 aromatic rings. The highest BCUT2D eigenvalue weighted by Gasteiger charge is 2.08. The largest absolute Gasteiger partial charge is 0.382 e. The number of hydrogen-bond acceptors (Lipinski definition) is 2. The van der Waals surface area contributed by atoms with Gasteiger partial charge in [0.15, 0.2) is 0 Å². The predicted octanol–water partition coefficient (Wildman–Crippen LogP) is 3.52. The van der Waals surface area contributed by atoms with Crippen molar-refractivity contribution < 1.29 is 4.39 Å². The van der Waals surface area contributed by atoms with E-state index in [0.717, 1.165) is 12.0 Å². The number of benzene rings is 1. The maximum Gasteiger partial charge on any atom is 0.126 e. The van der Waals surface area contributed by atoms with Crippen molar-refractivity contribution in [3.63, 3.8) is 0 Å². The highest BCUT2D eigenvalue weighted by Crippen LogP contribution is 2.31. The van der Waals surface area contributed by atoms with Crippen LogP contribution in [0.25, 0.3) is 0 Å². The van der Waals surface area contributed by atoms with Gasteiger partial charge < -0.3 is 5.32 Å². The van der Waals surface area contributed by atoms with E-state index in [0.29, 0.717) is 12.2 Å². The summed E-state index contributed by atoms with van der Waals surface area (Å²) in [5.41, 5.74) is 1.67. The first-order valence-electron chi connectivity index (χ1n) is 5.42. The van der Waals surface area contributed by atoms with Crippen LogP contribution in [0.1, 0.15) is 5.56 Å². The van der Waals surface area contributed by atoms with Crippen molar-refractivity contribution in [1.82, 2.24) is 9.78 Å². The number of aryl methyl sites for hydroxylation is 1. The fourth-order valence-corrected chi connectivity index (χ4v) is 2.24. The Morgan fingerprint density at radius 3 is 2.56 bits per heavy atom. The Bertz CT molecular complexity index is 531. The molecule has 3 nitrogen and oxygen atoms in total. The lowest BCUT2D eigenvalue weighted by molar-refractivity contribution is 0.628. The van der Waals surface area contributed by atoms with Crippen LogP contribution in [0.4, 0.5) is 10.1 Å². The Morgan fingerprint density at radius 1 is 1.33 bits per heavy atom. The average Bonchev–Trinajstić information content (AvgIpc) is 2.68. The Morgan fingerprint density at radius 2 is 2.00 bits per heavy atom.